The summed E-state index contributed by atoms with van der Waals surface area (Å²) in [5, 5.41) is 1.70. The van der Waals surface area contributed by atoms with Crippen LogP contribution in [0.1, 0.15) is 19.3 Å². The third kappa shape index (κ3) is 2.52. The number of nitrogens with zero attached hydrogens (tertiary/aromatic N) is 1. The van der Waals surface area contributed by atoms with Gasteiger partial charge >= 0.3 is 0 Å². The fourth-order valence-electron chi connectivity index (χ4n) is 1.92. The molecule has 0 saturated carbocycles. The van der Waals surface area contributed by atoms with E-state index < -0.39 is 0 Å². The standard InChI is InChI=1S/C12H16N2O2/c13-12(15)11-8-4-5-9-14(11)16-10-6-2-1-3-7-10/h1-3,6-7,11H,4-5,8-9H2,(H2,13,15)/t11-/m0/s1. The molecule has 0 unspecified atom stereocenters. The highest BCUT2D eigenvalue weighted by Gasteiger charge is 2.28. The number of hydroxylamine groups is 2. The molecule has 1 fully saturated rings. The van der Waals surface area contributed by atoms with Gasteiger partial charge in [-0.25, -0.2) is 0 Å². The van der Waals surface area contributed by atoms with Crippen LogP contribution in [0, 0.1) is 0 Å². The van der Waals surface area contributed by atoms with Crippen molar-refractivity contribution in [2.75, 3.05) is 6.54 Å². The van der Waals surface area contributed by atoms with E-state index in [1.165, 1.54) is 0 Å². The molecule has 1 aliphatic heterocycles. The Kier molecular flexibility index (Phi) is 3.41. The molecule has 0 bridgehead atoms. The van der Waals surface area contributed by atoms with Gasteiger partial charge in [-0.1, -0.05) is 18.2 Å². The summed E-state index contributed by atoms with van der Waals surface area (Å²) >= 11 is 0. The quantitative estimate of drug-likeness (QED) is 0.835. The van der Waals surface area contributed by atoms with E-state index in [1.54, 1.807) is 5.06 Å². The van der Waals surface area contributed by atoms with Crippen LogP contribution in [0.4, 0.5) is 0 Å². The number of nitrogens with two attached hydrogens (primary N) is 1. The molecule has 0 aliphatic carbocycles. The summed E-state index contributed by atoms with van der Waals surface area (Å²) in [5.41, 5.74) is 5.35. The topological polar surface area (TPSA) is 55.6 Å². The van der Waals surface area contributed by atoms with Crippen molar-refractivity contribution in [1.82, 2.24) is 5.06 Å². The van der Waals surface area contributed by atoms with Crippen LogP contribution >= 0.6 is 0 Å². The summed E-state index contributed by atoms with van der Waals surface area (Å²) in [5.74, 6) is 0.436. The molecule has 1 atom stereocenters. The molecule has 16 heavy (non-hydrogen) atoms. The highest BCUT2D eigenvalue weighted by Crippen LogP contribution is 2.19. The number of hydrogen-bond acceptors (Lipinski definition) is 3. The van der Waals surface area contributed by atoms with Gasteiger partial charge in [0, 0.05) is 6.54 Å². The molecule has 2 rings (SSSR count). The van der Waals surface area contributed by atoms with Crippen molar-refractivity contribution in [2.24, 2.45) is 5.73 Å². The van der Waals surface area contributed by atoms with Crippen LogP contribution in [0.5, 0.6) is 5.75 Å². The fourth-order valence-corrected chi connectivity index (χ4v) is 1.92. The Hall–Kier alpha value is -1.55. The zero-order chi connectivity index (χ0) is 11.4. The molecule has 0 spiro atoms. The minimum atomic E-state index is -0.310. The predicted molar refractivity (Wildman–Crippen MR) is 60.6 cm³/mol. The van der Waals surface area contributed by atoms with E-state index in [2.05, 4.69) is 0 Å². The normalized spacial score (nSPS) is 21.6. The lowest BCUT2D eigenvalue weighted by Gasteiger charge is -2.32. The van der Waals surface area contributed by atoms with Gasteiger partial charge in [0.2, 0.25) is 5.91 Å². The molecule has 2 N–H and O–H groups in total. The summed E-state index contributed by atoms with van der Waals surface area (Å²) in [6, 6.07) is 9.17. The Morgan fingerprint density at radius 2 is 2.06 bits per heavy atom. The maximum atomic E-state index is 11.3. The molecule has 1 saturated heterocycles. The Morgan fingerprint density at radius 1 is 1.31 bits per heavy atom. The molecule has 86 valence electrons. The zero-order valence-electron chi connectivity index (χ0n) is 9.13. The van der Waals surface area contributed by atoms with Gasteiger partial charge in [-0.3, -0.25) is 4.79 Å². The van der Waals surface area contributed by atoms with Crippen LogP contribution in [0.15, 0.2) is 30.3 Å². The second kappa shape index (κ2) is 4.99. The van der Waals surface area contributed by atoms with Gasteiger partial charge < -0.3 is 10.6 Å². The molecule has 0 aromatic heterocycles. The van der Waals surface area contributed by atoms with Crippen LogP contribution in [0.25, 0.3) is 0 Å². The van der Waals surface area contributed by atoms with E-state index in [9.17, 15) is 4.79 Å². The van der Waals surface area contributed by atoms with Crippen LogP contribution in [-0.2, 0) is 4.79 Å². The lowest BCUT2D eigenvalue weighted by molar-refractivity contribution is -0.147. The Balaban J connectivity index is 2.04. The van der Waals surface area contributed by atoms with Crippen LogP contribution in [0.3, 0.4) is 0 Å². The average molecular weight is 220 g/mol. The molecule has 1 amide bonds. The monoisotopic (exact) mass is 220 g/mol. The first-order chi connectivity index (χ1) is 7.77. The largest absolute Gasteiger partial charge is 0.405 e. The molecule has 4 nitrogen and oxygen atoms in total. The Morgan fingerprint density at radius 3 is 2.75 bits per heavy atom. The number of carbonyl (C=O) groups is 1. The third-order valence-electron chi connectivity index (χ3n) is 2.75. The van der Waals surface area contributed by atoms with Crippen molar-refractivity contribution in [3.63, 3.8) is 0 Å². The van der Waals surface area contributed by atoms with Crippen molar-refractivity contribution < 1.29 is 9.63 Å². The second-order valence-electron chi connectivity index (χ2n) is 3.96. The number of carbonyl (C=O) groups excluding carboxylic acids is 1. The molecular weight excluding hydrogens is 204 g/mol. The van der Waals surface area contributed by atoms with Crippen molar-refractivity contribution in [3.05, 3.63) is 30.3 Å². The summed E-state index contributed by atoms with van der Waals surface area (Å²) in [4.78, 5) is 16.9. The van der Waals surface area contributed by atoms with Gasteiger partial charge in [-0.2, -0.15) is 0 Å². The lowest BCUT2D eigenvalue weighted by atomic mass is 10.0. The highest BCUT2D eigenvalue weighted by molar-refractivity contribution is 5.79. The van der Waals surface area contributed by atoms with E-state index in [4.69, 9.17) is 10.6 Å². The SMILES string of the molecule is NC(=O)[C@@H]1CCCCN1Oc1ccccc1. The number of amides is 1. The van der Waals surface area contributed by atoms with Crippen LogP contribution < -0.4 is 10.6 Å². The first kappa shape index (κ1) is 11.0. The third-order valence-corrected chi connectivity index (χ3v) is 2.75. The molecule has 1 aromatic carbocycles. The van der Waals surface area contributed by atoms with Crippen molar-refractivity contribution in [2.45, 2.75) is 25.3 Å². The van der Waals surface area contributed by atoms with E-state index in [0.717, 1.165) is 31.6 Å². The lowest BCUT2D eigenvalue weighted by Crippen LogP contribution is -2.49. The predicted octanol–water partition coefficient (Wildman–Crippen LogP) is 1.32. The summed E-state index contributed by atoms with van der Waals surface area (Å²) in [6.07, 6.45) is 2.85. The molecule has 1 aromatic rings. The maximum Gasteiger partial charge on any atom is 0.238 e. The van der Waals surface area contributed by atoms with Crippen LogP contribution in [-0.4, -0.2) is 23.6 Å². The van der Waals surface area contributed by atoms with Gasteiger partial charge in [0.15, 0.2) is 0 Å². The number of piperidine rings is 1. The minimum Gasteiger partial charge on any atom is -0.405 e. The summed E-state index contributed by atoms with van der Waals surface area (Å²) in [7, 11) is 0. The van der Waals surface area contributed by atoms with Gasteiger partial charge in [0.1, 0.15) is 11.8 Å². The first-order valence-electron chi connectivity index (χ1n) is 5.56. The smallest absolute Gasteiger partial charge is 0.238 e. The Labute approximate surface area is 94.9 Å². The second-order valence-corrected chi connectivity index (χ2v) is 3.96. The van der Waals surface area contributed by atoms with E-state index >= 15 is 0 Å². The van der Waals surface area contributed by atoms with Crippen LogP contribution in [0.2, 0.25) is 0 Å². The summed E-state index contributed by atoms with van der Waals surface area (Å²) < 4.78 is 0. The number of benzene rings is 1. The van der Waals surface area contributed by atoms with E-state index in [1.807, 2.05) is 30.3 Å². The summed E-state index contributed by atoms with van der Waals surface area (Å²) in [6.45, 7) is 0.752. The molecular formula is C12H16N2O2. The zero-order valence-corrected chi connectivity index (χ0v) is 9.13. The van der Waals surface area contributed by atoms with E-state index in [0.29, 0.717) is 0 Å². The average Bonchev–Trinajstić information content (AvgIpc) is 2.31. The van der Waals surface area contributed by atoms with Gasteiger partial charge in [-0.05, 0) is 31.4 Å². The van der Waals surface area contributed by atoms with Crippen molar-refractivity contribution in [1.29, 1.82) is 0 Å². The van der Waals surface area contributed by atoms with Gasteiger partial charge in [-0.15, -0.1) is 5.06 Å². The minimum absolute atomic E-state index is 0.297. The van der Waals surface area contributed by atoms with Crippen molar-refractivity contribution in [3.8, 4) is 5.75 Å². The number of primary amides is 1. The van der Waals surface area contributed by atoms with Gasteiger partial charge in [0.05, 0.1) is 0 Å². The fraction of sp³-hybridized carbons (Fsp3) is 0.417. The molecule has 4 heteroatoms. The number of hydrogen-bond donors (Lipinski definition) is 1. The Bertz CT molecular complexity index is 353. The highest BCUT2D eigenvalue weighted by atomic mass is 16.7. The molecule has 1 heterocycles. The molecule has 1 aliphatic rings. The molecule has 0 radical (unpaired) electrons. The van der Waals surface area contributed by atoms with Gasteiger partial charge in [0.25, 0.3) is 0 Å². The number of para-hydroxylation sites is 1. The first-order valence-corrected chi connectivity index (χ1v) is 5.56. The van der Waals surface area contributed by atoms with Crippen molar-refractivity contribution >= 4 is 5.91 Å². The maximum absolute atomic E-state index is 11.3. The number of rotatable bonds is 3. The van der Waals surface area contributed by atoms with E-state index in [-0.39, 0.29) is 11.9 Å².